The number of rotatable bonds is 0. The standard InChI is InChI=1S/C3H4AsN/c1-2-4-5-3-1/h1-3,5H. The molecule has 0 saturated heterocycles. The van der Waals surface area contributed by atoms with Gasteiger partial charge in [-0.15, -0.1) is 0 Å². The van der Waals surface area contributed by atoms with Crippen molar-refractivity contribution in [1.29, 1.82) is 0 Å². The molecule has 1 rings (SSSR count). The predicted molar refractivity (Wildman–Crippen MR) is 24.1 cm³/mol. The summed E-state index contributed by atoms with van der Waals surface area (Å²) in [6.45, 7) is 0. The van der Waals surface area contributed by atoms with E-state index in [1.54, 1.807) is 0 Å². The van der Waals surface area contributed by atoms with Crippen molar-refractivity contribution in [2.45, 2.75) is 0 Å². The van der Waals surface area contributed by atoms with Gasteiger partial charge in [0.2, 0.25) is 0 Å². The molecule has 1 heterocycles. The average molecular weight is 129 g/mol. The van der Waals surface area contributed by atoms with Gasteiger partial charge in [-0.1, -0.05) is 0 Å². The first-order chi connectivity index (χ1) is 2.50. The quantitative estimate of drug-likeness (QED) is 0.436. The Morgan fingerprint density at radius 1 is 1.60 bits per heavy atom. The first-order valence-corrected chi connectivity index (χ1v) is 3.46. The van der Waals surface area contributed by atoms with Gasteiger partial charge in [0.05, 0.1) is 0 Å². The molecule has 0 saturated carbocycles. The number of nitrogens with one attached hydrogen (secondary N) is 1. The third-order valence-corrected chi connectivity index (χ3v) is 1.71. The number of hydrogen-bond acceptors (Lipinski definition) is 1. The molecule has 0 bridgehead atoms. The van der Waals surface area contributed by atoms with Crippen LogP contribution in [0, 0.1) is 0 Å². The number of allylic oxidation sites excluding steroid dienone is 1. The van der Waals surface area contributed by atoms with Crippen molar-refractivity contribution in [3.05, 3.63) is 12.3 Å². The van der Waals surface area contributed by atoms with E-state index < -0.39 is 0 Å². The molecule has 0 atom stereocenters. The molecule has 0 fully saturated rings. The van der Waals surface area contributed by atoms with E-state index in [1.165, 1.54) is 0 Å². The van der Waals surface area contributed by atoms with Gasteiger partial charge in [-0.2, -0.15) is 0 Å². The predicted octanol–water partition coefficient (Wildman–Crippen LogP) is -0.475. The normalized spacial score (nSPS) is 19.2. The van der Waals surface area contributed by atoms with Crippen LogP contribution in [-0.2, 0) is 0 Å². The van der Waals surface area contributed by atoms with Crippen molar-refractivity contribution in [3.63, 3.8) is 0 Å². The first-order valence-electron chi connectivity index (χ1n) is 1.44. The van der Waals surface area contributed by atoms with Crippen LogP contribution < -0.4 is 4.23 Å². The van der Waals surface area contributed by atoms with Crippen molar-refractivity contribution in [3.8, 4) is 0 Å². The summed E-state index contributed by atoms with van der Waals surface area (Å²) >= 11 is 0.368. The topological polar surface area (TPSA) is 12.0 Å². The third-order valence-electron chi connectivity index (χ3n) is 0.406. The maximum absolute atomic E-state index is 3.08. The summed E-state index contributed by atoms with van der Waals surface area (Å²) in [5.74, 6) is 0. The first kappa shape index (κ1) is 3.17. The molecule has 0 spiro atoms. The van der Waals surface area contributed by atoms with E-state index in [9.17, 15) is 0 Å². The zero-order valence-electron chi connectivity index (χ0n) is 2.68. The zero-order chi connectivity index (χ0) is 3.54. The molecular weight excluding hydrogens is 125 g/mol. The zero-order valence-corrected chi connectivity index (χ0v) is 4.56. The summed E-state index contributed by atoms with van der Waals surface area (Å²) in [4.78, 5) is 2.16. The van der Waals surface area contributed by atoms with Crippen LogP contribution in [0.5, 0.6) is 0 Å². The van der Waals surface area contributed by atoms with Gasteiger partial charge in [-0.25, -0.2) is 0 Å². The molecule has 1 aliphatic rings. The van der Waals surface area contributed by atoms with Crippen molar-refractivity contribution < 1.29 is 0 Å². The molecule has 26 valence electrons. The van der Waals surface area contributed by atoms with Crippen LogP contribution in [0.2, 0.25) is 0 Å². The van der Waals surface area contributed by atoms with Gasteiger partial charge in [0.1, 0.15) is 0 Å². The average Bonchev–Trinajstić information content (AvgIpc) is 1.76. The van der Waals surface area contributed by atoms with E-state index in [0.717, 1.165) is 0 Å². The maximum atomic E-state index is 3.08. The molecule has 0 aromatic rings. The van der Waals surface area contributed by atoms with E-state index in [2.05, 4.69) is 9.04 Å². The summed E-state index contributed by atoms with van der Waals surface area (Å²) in [5, 5.41) is 0. The Morgan fingerprint density at radius 3 is 2.80 bits per heavy atom. The second-order valence-electron chi connectivity index (χ2n) is 0.766. The van der Waals surface area contributed by atoms with Gasteiger partial charge in [-0.3, -0.25) is 0 Å². The van der Waals surface area contributed by atoms with Crippen LogP contribution >= 0.6 is 0 Å². The van der Waals surface area contributed by atoms with E-state index in [1.807, 2.05) is 12.3 Å². The van der Waals surface area contributed by atoms with Crippen molar-refractivity contribution in [2.75, 3.05) is 0 Å². The minimum atomic E-state index is 0.368. The van der Waals surface area contributed by atoms with E-state index in [4.69, 9.17) is 0 Å². The Bertz CT molecular complexity index is 65.0. The van der Waals surface area contributed by atoms with E-state index >= 15 is 0 Å². The molecule has 1 aliphatic heterocycles. The Hall–Kier alpha value is -0.0316. The van der Waals surface area contributed by atoms with Gasteiger partial charge >= 0.3 is 36.9 Å². The van der Waals surface area contributed by atoms with Crippen LogP contribution in [-0.4, -0.2) is 20.3 Å². The fourth-order valence-electron chi connectivity index (χ4n) is 0.215. The van der Waals surface area contributed by atoms with Gasteiger partial charge in [-0.05, 0) is 0 Å². The Labute approximate surface area is 37.5 Å². The minimum absolute atomic E-state index is 0.368. The summed E-state index contributed by atoms with van der Waals surface area (Å²) in [7, 11) is 0. The molecule has 0 aromatic heterocycles. The SMILES string of the molecule is C1=CN[As]=C1. The molecule has 0 amide bonds. The summed E-state index contributed by atoms with van der Waals surface area (Å²) in [5.41, 5.74) is 0. The molecule has 0 aromatic carbocycles. The van der Waals surface area contributed by atoms with Crippen molar-refractivity contribution in [2.24, 2.45) is 0 Å². The molecule has 1 nitrogen and oxygen atoms in total. The van der Waals surface area contributed by atoms with Crippen LogP contribution in [0.25, 0.3) is 0 Å². The Kier molecular flexibility index (Phi) is 0.898. The molecule has 0 unspecified atom stereocenters. The Morgan fingerprint density at radius 2 is 2.60 bits per heavy atom. The fraction of sp³-hybridized carbons (Fsp3) is 0. The second-order valence-corrected chi connectivity index (χ2v) is 2.48. The van der Waals surface area contributed by atoms with Crippen LogP contribution in [0.1, 0.15) is 0 Å². The molecule has 0 aliphatic carbocycles. The monoisotopic (exact) mass is 129 g/mol. The third kappa shape index (κ3) is 0.623. The second kappa shape index (κ2) is 1.42. The molecule has 0 radical (unpaired) electrons. The van der Waals surface area contributed by atoms with Crippen LogP contribution in [0.4, 0.5) is 0 Å². The van der Waals surface area contributed by atoms with Gasteiger partial charge in [0.15, 0.2) is 0 Å². The number of hydrogen-bond donors (Lipinski definition) is 1. The van der Waals surface area contributed by atoms with Gasteiger partial charge in [0.25, 0.3) is 0 Å². The fourth-order valence-corrected chi connectivity index (χ4v) is 1.12. The van der Waals surface area contributed by atoms with Gasteiger partial charge < -0.3 is 0 Å². The molecular formula is C3H4AsN. The molecule has 2 heteroatoms. The van der Waals surface area contributed by atoms with Crippen molar-refractivity contribution in [1.82, 2.24) is 4.23 Å². The summed E-state index contributed by atoms with van der Waals surface area (Å²) in [6, 6.07) is 0. The summed E-state index contributed by atoms with van der Waals surface area (Å²) in [6.07, 6.45) is 4.01. The molecule has 1 N–H and O–H groups in total. The van der Waals surface area contributed by atoms with Crippen molar-refractivity contribution >= 4 is 20.3 Å². The van der Waals surface area contributed by atoms with E-state index in [0.29, 0.717) is 15.5 Å². The van der Waals surface area contributed by atoms with Gasteiger partial charge in [0, 0.05) is 0 Å². The Balaban J connectivity index is 2.61. The summed E-state index contributed by atoms with van der Waals surface area (Å²) < 4.78 is 3.08. The van der Waals surface area contributed by atoms with E-state index in [-0.39, 0.29) is 0 Å². The van der Waals surface area contributed by atoms with Crippen LogP contribution in [0.15, 0.2) is 12.3 Å². The molecule has 5 heavy (non-hydrogen) atoms. The van der Waals surface area contributed by atoms with Crippen LogP contribution in [0.3, 0.4) is 0 Å².